The van der Waals surface area contributed by atoms with Gasteiger partial charge in [0.05, 0.1) is 5.39 Å². The Kier molecular flexibility index (Phi) is 4.20. The molecule has 0 aliphatic carbocycles. The molecule has 1 atom stereocenters. The zero-order valence-corrected chi connectivity index (χ0v) is 16.6. The summed E-state index contributed by atoms with van der Waals surface area (Å²) in [6.45, 7) is 1.59. The van der Waals surface area contributed by atoms with Gasteiger partial charge in [0.1, 0.15) is 17.1 Å². The molecule has 1 unspecified atom stereocenters. The van der Waals surface area contributed by atoms with Crippen molar-refractivity contribution in [3.63, 3.8) is 0 Å². The van der Waals surface area contributed by atoms with Crippen molar-refractivity contribution in [3.8, 4) is 22.6 Å². The normalized spacial score (nSPS) is 17.5. The monoisotopic (exact) mass is 414 g/mol. The SMILES string of the molecule is Cc1c2c(c3oc(=O)cc(-c4ccccc4)c3c1O)C(=O)C(O)(Cc1ccccc1)O2. The van der Waals surface area contributed by atoms with Crippen molar-refractivity contribution in [2.45, 2.75) is 19.1 Å². The van der Waals surface area contributed by atoms with Crippen LogP contribution in [0.4, 0.5) is 0 Å². The molecule has 5 rings (SSSR count). The number of hydrogen-bond acceptors (Lipinski definition) is 6. The van der Waals surface area contributed by atoms with E-state index in [-0.39, 0.29) is 40.0 Å². The number of benzene rings is 3. The van der Waals surface area contributed by atoms with E-state index in [4.69, 9.17) is 9.15 Å². The maximum absolute atomic E-state index is 13.3. The molecule has 0 bridgehead atoms. The Morgan fingerprint density at radius 2 is 1.61 bits per heavy atom. The van der Waals surface area contributed by atoms with Gasteiger partial charge >= 0.3 is 5.63 Å². The third-order valence-electron chi connectivity index (χ3n) is 5.57. The molecule has 154 valence electrons. The lowest BCUT2D eigenvalue weighted by atomic mass is 9.93. The van der Waals surface area contributed by atoms with Crippen LogP contribution in [0.2, 0.25) is 0 Å². The van der Waals surface area contributed by atoms with Crippen LogP contribution in [0, 0.1) is 6.92 Å². The largest absolute Gasteiger partial charge is 0.507 e. The smallest absolute Gasteiger partial charge is 0.336 e. The summed E-state index contributed by atoms with van der Waals surface area (Å²) in [6.07, 6.45) is -0.0916. The highest BCUT2D eigenvalue weighted by Gasteiger charge is 2.50. The molecule has 4 aromatic rings. The number of ether oxygens (including phenoxy) is 1. The van der Waals surface area contributed by atoms with E-state index in [2.05, 4.69) is 0 Å². The summed E-state index contributed by atoms with van der Waals surface area (Å²) in [7, 11) is 0. The van der Waals surface area contributed by atoms with Crippen LogP contribution >= 0.6 is 0 Å². The minimum atomic E-state index is -2.17. The third kappa shape index (κ3) is 2.92. The molecule has 2 N–H and O–H groups in total. The summed E-state index contributed by atoms with van der Waals surface area (Å²) < 4.78 is 11.1. The van der Waals surface area contributed by atoms with E-state index >= 15 is 0 Å². The lowest BCUT2D eigenvalue weighted by Crippen LogP contribution is -2.42. The minimum Gasteiger partial charge on any atom is -0.507 e. The van der Waals surface area contributed by atoms with Gasteiger partial charge < -0.3 is 19.4 Å². The van der Waals surface area contributed by atoms with Crippen molar-refractivity contribution in [1.29, 1.82) is 0 Å². The number of phenolic OH excluding ortho intramolecular Hbond substituents is 1. The molecule has 1 aliphatic heterocycles. The first-order valence-electron chi connectivity index (χ1n) is 9.78. The highest BCUT2D eigenvalue weighted by Crippen LogP contribution is 2.48. The maximum Gasteiger partial charge on any atom is 0.336 e. The summed E-state index contributed by atoms with van der Waals surface area (Å²) in [4.78, 5) is 25.7. The van der Waals surface area contributed by atoms with E-state index in [0.29, 0.717) is 16.7 Å². The number of ketones is 1. The maximum atomic E-state index is 13.3. The molecule has 31 heavy (non-hydrogen) atoms. The van der Waals surface area contributed by atoms with E-state index in [0.717, 1.165) is 0 Å². The molecule has 6 nitrogen and oxygen atoms in total. The third-order valence-corrected chi connectivity index (χ3v) is 5.57. The molecule has 2 heterocycles. The van der Waals surface area contributed by atoms with E-state index in [9.17, 15) is 19.8 Å². The van der Waals surface area contributed by atoms with Gasteiger partial charge in [-0.2, -0.15) is 0 Å². The summed E-state index contributed by atoms with van der Waals surface area (Å²) in [5.41, 5.74) is 1.28. The molecular formula is C25H18O6. The van der Waals surface area contributed by atoms with Crippen molar-refractivity contribution < 1.29 is 24.2 Å². The van der Waals surface area contributed by atoms with Crippen LogP contribution in [0.3, 0.4) is 0 Å². The number of Topliss-reactive ketones (excluding diaryl/α,β-unsaturated/α-hetero) is 1. The number of aromatic hydroxyl groups is 1. The van der Waals surface area contributed by atoms with Gasteiger partial charge in [-0.15, -0.1) is 0 Å². The van der Waals surface area contributed by atoms with Crippen LogP contribution in [-0.4, -0.2) is 21.8 Å². The summed E-state index contributed by atoms with van der Waals surface area (Å²) >= 11 is 0. The van der Waals surface area contributed by atoms with E-state index < -0.39 is 17.2 Å². The van der Waals surface area contributed by atoms with Crippen LogP contribution in [0.25, 0.3) is 22.1 Å². The average molecular weight is 414 g/mol. The van der Waals surface area contributed by atoms with Gasteiger partial charge in [0.15, 0.2) is 5.58 Å². The highest BCUT2D eigenvalue weighted by atomic mass is 16.6. The minimum absolute atomic E-state index is 0.0155. The van der Waals surface area contributed by atoms with Gasteiger partial charge in [0, 0.05) is 23.6 Å². The Bertz CT molecular complexity index is 1390. The molecule has 0 amide bonds. The molecule has 0 radical (unpaired) electrons. The van der Waals surface area contributed by atoms with Crippen molar-refractivity contribution in [2.24, 2.45) is 0 Å². The Balaban J connectivity index is 1.77. The van der Waals surface area contributed by atoms with Gasteiger partial charge in [-0.05, 0) is 18.1 Å². The Morgan fingerprint density at radius 3 is 2.29 bits per heavy atom. The number of aliphatic hydroxyl groups is 1. The average Bonchev–Trinajstić information content (AvgIpc) is 3.03. The van der Waals surface area contributed by atoms with E-state index in [1.54, 1.807) is 55.5 Å². The highest BCUT2D eigenvalue weighted by molar-refractivity contribution is 6.17. The molecule has 1 aromatic heterocycles. The first-order valence-corrected chi connectivity index (χ1v) is 9.78. The zero-order chi connectivity index (χ0) is 21.8. The second-order valence-corrected chi connectivity index (χ2v) is 7.60. The van der Waals surface area contributed by atoms with Gasteiger partial charge in [0.2, 0.25) is 5.78 Å². The van der Waals surface area contributed by atoms with Crippen molar-refractivity contribution in [1.82, 2.24) is 0 Å². The Hall–Kier alpha value is -3.90. The Morgan fingerprint density at radius 1 is 0.968 bits per heavy atom. The zero-order valence-electron chi connectivity index (χ0n) is 16.6. The number of fused-ring (bicyclic) bond motifs is 3. The van der Waals surface area contributed by atoms with E-state index in [1.807, 2.05) is 12.1 Å². The van der Waals surface area contributed by atoms with Crippen LogP contribution in [0.1, 0.15) is 21.5 Å². The Labute approximate surface area is 177 Å². The fourth-order valence-corrected chi connectivity index (χ4v) is 4.07. The molecule has 0 saturated carbocycles. The summed E-state index contributed by atoms with van der Waals surface area (Å²) in [6, 6.07) is 19.3. The predicted octanol–water partition coefficient (Wildman–Crippen LogP) is 3.98. The lowest BCUT2D eigenvalue weighted by molar-refractivity contribution is -0.0891. The molecule has 0 fully saturated rings. The first-order chi connectivity index (χ1) is 14.9. The van der Waals surface area contributed by atoms with Gasteiger partial charge in [-0.3, -0.25) is 4.79 Å². The molecule has 6 heteroatoms. The number of phenols is 1. The summed E-state index contributed by atoms with van der Waals surface area (Å²) in [5.74, 6) is -3.04. The lowest BCUT2D eigenvalue weighted by Gasteiger charge is -2.20. The molecule has 0 spiro atoms. The van der Waals surface area contributed by atoms with E-state index in [1.165, 1.54) is 6.07 Å². The second-order valence-electron chi connectivity index (χ2n) is 7.60. The van der Waals surface area contributed by atoms with Gasteiger partial charge in [-0.25, -0.2) is 4.79 Å². The van der Waals surface area contributed by atoms with Crippen molar-refractivity contribution in [3.05, 3.63) is 93.8 Å². The number of carbonyl (C=O) groups is 1. The number of rotatable bonds is 3. The van der Waals surface area contributed by atoms with Crippen molar-refractivity contribution >= 4 is 16.8 Å². The summed E-state index contributed by atoms with van der Waals surface area (Å²) in [5, 5.41) is 22.3. The number of hydrogen-bond donors (Lipinski definition) is 2. The number of carbonyl (C=O) groups excluding carboxylic acids is 1. The first kappa shape index (κ1) is 19.1. The van der Waals surface area contributed by atoms with Crippen LogP contribution < -0.4 is 10.4 Å². The second kappa shape index (κ2) is 6.82. The predicted molar refractivity (Wildman–Crippen MR) is 114 cm³/mol. The van der Waals surface area contributed by atoms with Gasteiger partial charge in [-0.1, -0.05) is 60.7 Å². The van der Waals surface area contributed by atoms with Crippen LogP contribution in [0.5, 0.6) is 11.5 Å². The molecule has 1 aliphatic rings. The quantitative estimate of drug-likeness (QED) is 0.492. The molecule has 0 saturated heterocycles. The topological polar surface area (TPSA) is 97.0 Å². The molecular weight excluding hydrogens is 396 g/mol. The van der Waals surface area contributed by atoms with Crippen molar-refractivity contribution in [2.75, 3.05) is 0 Å². The standard InChI is InChI=1S/C25H18O6/c1-14-21(27)19-17(16-10-6-3-7-11-16)12-18(26)30-23(19)20-22(14)31-25(29,24(20)28)13-15-8-4-2-5-9-15/h2-12,27,29H,13H2,1H3. The van der Waals surface area contributed by atoms with Gasteiger partial charge in [0.25, 0.3) is 5.79 Å². The fourth-order valence-electron chi connectivity index (χ4n) is 4.07. The fraction of sp³-hybridized carbons (Fsp3) is 0.120. The van der Waals surface area contributed by atoms with Crippen LogP contribution in [0.15, 0.2) is 75.9 Å². The molecule has 3 aromatic carbocycles. The van der Waals surface area contributed by atoms with Crippen LogP contribution in [-0.2, 0) is 6.42 Å².